The summed E-state index contributed by atoms with van der Waals surface area (Å²) in [5.74, 6) is -3.28. The molecule has 2 heterocycles. The quantitative estimate of drug-likeness (QED) is 0.260. The van der Waals surface area contributed by atoms with E-state index < -0.39 is 39.8 Å². The summed E-state index contributed by atoms with van der Waals surface area (Å²) >= 11 is 13.2. The Morgan fingerprint density at radius 3 is 1.35 bits per heavy atom. The van der Waals surface area contributed by atoms with Crippen molar-refractivity contribution < 1.29 is 19.2 Å². The number of amides is 4. The molecule has 3 atom stereocenters. The average Bonchev–Trinajstić information content (AvgIpc) is 3.23. The van der Waals surface area contributed by atoms with Gasteiger partial charge in [0.25, 0.3) is 23.6 Å². The molecule has 1 spiro atoms. The van der Waals surface area contributed by atoms with Crippen LogP contribution in [0.5, 0.6) is 0 Å². The summed E-state index contributed by atoms with van der Waals surface area (Å²) < 4.78 is 0. The molecule has 0 aromatic heterocycles. The minimum absolute atomic E-state index is 0.355. The van der Waals surface area contributed by atoms with Gasteiger partial charge < -0.3 is 11.5 Å². The minimum atomic E-state index is -2.25. The number of fused-ring (bicyclic) bond motifs is 2. The zero-order valence-electron chi connectivity index (χ0n) is 20.1. The minimum Gasteiger partial charge on any atom is -0.398 e. The van der Waals surface area contributed by atoms with Gasteiger partial charge in [0, 0.05) is 11.4 Å². The van der Waals surface area contributed by atoms with Crippen molar-refractivity contribution in [1.29, 1.82) is 0 Å². The zero-order valence-corrected chi connectivity index (χ0v) is 21.6. The fourth-order valence-electron chi connectivity index (χ4n) is 6.47. The van der Waals surface area contributed by atoms with Crippen molar-refractivity contribution in [3.05, 3.63) is 46.5 Å². The van der Waals surface area contributed by atoms with Crippen LogP contribution in [0.3, 0.4) is 0 Å². The summed E-state index contributed by atoms with van der Waals surface area (Å²) in [6.07, 6.45) is 6.37. The Labute approximate surface area is 223 Å². The Morgan fingerprint density at radius 1 is 0.622 bits per heavy atom. The van der Waals surface area contributed by atoms with Gasteiger partial charge in [-0.05, 0) is 97.9 Å². The van der Waals surface area contributed by atoms with Crippen LogP contribution in [0.25, 0.3) is 0 Å². The van der Waals surface area contributed by atoms with E-state index in [1.54, 1.807) is 24.3 Å². The van der Waals surface area contributed by atoms with E-state index in [0.717, 1.165) is 70.6 Å². The highest BCUT2D eigenvalue weighted by atomic mass is 35.5. The number of hydrogen-bond donors (Lipinski definition) is 2. The van der Waals surface area contributed by atoms with Crippen LogP contribution in [0.4, 0.5) is 22.7 Å². The fourth-order valence-corrected chi connectivity index (χ4v) is 7.35. The Bertz CT molecular complexity index is 1300. The Kier molecular flexibility index (Phi) is 5.55. The second kappa shape index (κ2) is 8.46. The molecular formula is C27H26Cl2N4O4. The zero-order chi connectivity index (χ0) is 26.2. The van der Waals surface area contributed by atoms with Gasteiger partial charge in [0.1, 0.15) is 10.8 Å². The second-order valence-electron chi connectivity index (χ2n) is 10.2. The second-order valence-corrected chi connectivity index (χ2v) is 11.1. The van der Waals surface area contributed by atoms with Crippen molar-refractivity contribution in [3.8, 4) is 0 Å². The van der Waals surface area contributed by atoms with E-state index in [1.165, 1.54) is 0 Å². The van der Waals surface area contributed by atoms with Gasteiger partial charge >= 0.3 is 0 Å². The largest absolute Gasteiger partial charge is 0.398 e. The molecule has 0 radical (unpaired) electrons. The Balaban J connectivity index is 1.47. The first-order chi connectivity index (χ1) is 17.7. The number of rotatable bonds is 2. The first-order valence-electron chi connectivity index (χ1n) is 12.6. The van der Waals surface area contributed by atoms with Gasteiger partial charge in [-0.15, -0.1) is 23.2 Å². The van der Waals surface area contributed by atoms with Gasteiger partial charge in [-0.3, -0.25) is 19.2 Å². The predicted octanol–water partition coefficient (Wildman–Crippen LogP) is 3.26. The number of nitrogens with zero attached hydrogens (tertiary/aromatic N) is 2. The van der Waals surface area contributed by atoms with Gasteiger partial charge in [0.05, 0.1) is 11.4 Å². The molecule has 2 unspecified atom stereocenters. The molecule has 2 aliphatic carbocycles. The van der Waals surface area contributed by atoms with Crippen molar-refractivity contribution in [2.24, 2.45) is 5.41 Å². The molecule has 2 aliphatic heterocycles. The number of nitrogen functional groups attached to an aromatic ring is 2. The van der Waals surface area contributed by atoms with Crippen molar-refractivity contribution >= 4 is 69.6 Å². The molecule has 2 aromatic rings. The summed E-state index contributed by atoms with van der Waals surface area (Å²) in [6.45, 7) is 0. The normalized spacial score (nSPS) is 27.3. The van der Waals surface area contributed by atoms with Crippen molar-refractivity contribution in [2.45, 2.75) is 62.1 Å². The Hall–Kier alpha value is -3.10. The number of alkyl halides is 2. The maximum absolute atomic E-state index is 14.1. The van der Waals surface area contributed by atoms with Crippen LogP contribution in [-0.4, -0.2) is 34.4 Å². The first-order valence-corrected chi connectivity index (χ1v) is 13.4. The van der Waals surface area contributed by atoms with Crippen LogP contribution < -0.4 is 21.3 Å². The molecule has 37 heavy (non-hydrogen) atoms. The van der Waals surface area contributed by atoms with Crippen LogP contribution in [0, 0.1) is 5.41 Å². The maximum Gasteiger partial charge on any atom is 0.253 e. The van der Waals surface area contributed by atoms with E-state index >= 15 is 0 Å². The smallest absolute Gasteiger partial charge is 0.253 e. The third-order valence-corrected chi connectivity index (χ3v) is 9.42. The molecule has 0 saturated carbocycles. The van der Waals surface area contributed by atoms with E-state index in [1.807, 2.05) is 0 Å². The number of carbonyl (C=O) groups is 4. The maximum atomic E-state index is 14.1. The topological polar surface area (TPSA) is 127 Å². The van der Waals surface area contributed by atoms with Crippen LogP contribution >= 0.6 is 23.2 Å². The van der Waals surface area contributed by atoms with E-state index in [4.69, 9.17) is 34.7 Å². The third kappa shape index (κ3) is 3.09. The summed E-state index contributed by atoms with van der Waals surface area (Å²) in [4.78, 5) is 57.2. The van der Waals surface area contributed by atoms with E-state index in [2.05, 4.69) is 0 Å². The van der Waals surface area contributed by atoms with Crippen molar-refractivity contribution in [2.75, 3.05) is 21.3 Å². The van der Waals surface area contributed by atoms with Crippen LogP contribution in [0.2, 0.25) is 0 Å². The number of nitrogens with two attached hydrogens (primary N) is 2. The lowest BCUT2D eigenvalue weighted by molar-refractivity contribution is -0.135. The molecule has 6 rings (SSSR count). The molecule has 4 N–H and O–H groups in total. The highest BCUT2D eigenvalue weighted by Crippen LogP contribution is 2.52. The van der Waals surface area contributed by atoms with Crippen LogP contribution in [0.1, 0.15) is 47.9 Å². The molecular weight excluding hydrogens is 515 g/mol. The highest BCUT2D eigenvalue weighted by molar-refractivity contribution is 6.55. The first kappa shape index (κ1) is 24.2. The van der Waals surface area contributed by atoms with Gasteiger partial charge in [-0.25, -0.2) is 9.80 Å². The van der Waals surface area contributed by atoms with E-state index in [-0.39, 0.29) is 0 Å². The SMILES string of the molecule is Nc1ccc(N2C(=O)C(Cl)C3(C2=O)C(=O)N(c2ccc(N)c4c2CCCC4)C(=O)[C@@H]3Cl)c2c1CCCC2. The molecule has 2 fully saturated rings. The average molecular weight is 541 g/mol. The monoisotopic (exact) mass is 540 g/mol. The summed E-state index contributed by atoms with van der Waals surface area (Å²) in [7, 11) is 0. The number of carbonyl (C=O) groups excluding carboxylic acids is 4. The molecule has 192 valence electrons. The van der Waals surface area contributed by atoms with E-state index in [9.17, 15) is 19.2 Å². The highest BCUT2D eigenvalue weighted by Gasteiger charge is 2.75. The number of benzene rings is 2. The standard InChI is InChI=1S/C27H26Cl2N4O4/c28-21-23(34)32(19-11-9-17(30)13-5-1-3-7-15(13)19)25(36)27(21)22(29)24(35)33(26(27)37)20-12-10-18(31)14-6-2-4-8-16(14)20/h9-12,21-22H,1-8,30-31H2/t21-,22?,27?/m0/s1. The molecule has 2 aromatic carbocycles. The van der Waals surface area contributed by atoms with Crippen molar-refractivity contribution in [1.82, 2.24) is 0 Å². The number of halogens is 2. The number of hydrogen-bond acceptors (Lipinski definition) is 6. The lowest BCUT2D eigenvalue weighted by atomic mass is 9.83. The van der Waals surface area contributed by atoms with Crippen LogP contribution in [0.15, 0.2) is 24.3 Å². The fraction of sp³-hybridized carbons (Fsp3) is 0.407. The van der Waals surface area contributed by atoms with Gasteiger partial charge in [-0.1, -0.05) is 0 Å². The van der Waals surface area contributed by atoms with Crippen LogP contribution in [-0.2, 0) is 44.9 Å². The number of imide groups is 2. The number of anilines is 4. The molecule has 4 amide bonds. The van der Waals surface area contributed by atoms with E-state index in [0.29, 0.717) is 35.6 Å². The molecule has 0 bridgehead atoms. The van der Waals surface area contributed by atoms with Gasteiger partial charge in [0.2, 0.25) is 0 Å². The summed E-state index contributed by atoms with van der Waals surface area (Å²) in [5, 5.41) is -3.27. The molecule has 2 saturated heterocycles. The lowest BCUT2D eigenvalue weighted by Crippen LogP contribution is -2.49. The predicted molar refractivity (Wildman–Crippen MR) is 142 cm³/mol. The van der Waals surface area contributed by atoms with Gasteiger partial charge in [0.15, 0.2) is 5.41 Å². The van der Waals surface area contributed by atoms with Crippen molar-refractivity contribution in [3.63, 3.8) is 0 Å². The summed E-state index contributed by atoms with van der Waals surface area (Å²) in [5.41, 5.74) is 15.4. The Morgan fingerprint density at radius 2 is 0.973 bits per heavy atom. The molecule has 4 aliphatic rings. The molecule has 8 nitrogen and oxygen atoms in total. The lowest BCUT2D eigenvalue weighted by Gasteiger charge is -2.27. The molecule has 10 heteroatoms. The third-order valence-electron chi connectivity index (χ3n) is 8.36. The van der Waals surface area contributed by atoms with Gasteiger partial charge in [-0.2, -0.15) is 0 Å². The summed E-state index contributed by atoms with van der Waals surface area (Å²) in [6, 6.07) is 6.52.